The summed E-state index contributed by atoms with van der Waals surface area (Å²) in [5.41, 5.74) is 0.0937. The van der Waals surface area contributed by atoms with E-state index in [1.807, 2.05) is 6.92 Å². The SMILES string of the molecule is CCCCn1nc(C(=O)N2CCCC2CO)ccc1=O. The van der Waals surface area contributed by atoms with Crippen molar-refractivity contribution in [3.63, 3.8) is 0 Å². The van der Waals surface area contributed by atoms with E-state index in [1.165, 1.54) is 16.8 Å². The maximum absolute atomic E-state index is 12.4. The summed E-state index contributed by atoms with van der Waals surface area (Å²) in [5, 5.41) is 13.4. The van der Waals surface area contributed by atoms with Crippen LogP contribution in [0.3, 0.4) is 0 Å². The van der Waals surface area contributed by atoms with Crippen LogP contribution in [-0.4, -0.2) is 44.9 Å². The smallest absolute Gasteiger partial charge is 0.274 e. The number of nitrogens with zero attached hydrogens (tertiary/aromatic N) is 3. The van der Waals surface area contributed by atoms with Crippen LogP contribution in [0.2, 0.25) is 0 Å². The Morgan fingerprint density at radius 3 is 3.00 bits per heavy atom. The molecule has 110 valence electrons. The average Bonchev–Trinajstić information content (AvgIpc) is 2.94. The molecule has 0 saturated carbocycles. The maximum Gasteiger partial charge on any atom is 0.274 e. The lowest BCUT2D eigenvalue weighted by Crippen LogP contribution is -2.39. The number of carbonyl (C=O) groups is 1. The van der Waals surface area contributed by atoms with Crippen LogP contribution in [0.1, 0.15) is 43.1 Å². The van der Waals surface area contributed by atoms with Crippen molar-refractivity contribution in [1.82, 2.24) is 14.7 Å². The minimum atomic E-state index is -0.202. The van der Waals surface area contributed by atoms with Crippen molar-refractivity contribution in [2.45, 2.75) is 45.2 Å². The number of aliphatic hydroxyl groups is 1. The lowest BCUT2D eigenvalue weighted by molar-refractivity contribution is 0.0669. The Bertz CT molecular complexity index is 527. The van der Waals surface area contributed by atoms with E-state index < -0.39 is 0 Å². The van der Waals surface area contributed by atoms with Gasteiger partial charge in [0.1, 0.15) is 5.69 Å². The van der Waals surface area contributed by atoms with Crippen LogP contribution in [0.5, 0.6) is 0 Å². The third-order valence-electron chi connectivity index (χ3n) is 3.66. The molecule has 1 aliphatic rings. The fraction of sp³-hybridized carbons (Fsp3) is 0.643. The molecule has 6 heteroatoms. The highest BCUT2D eigenvalue weighted by Crippen LogP contribution is 2.18. The van der Waals surface area contributed by atoms with E-state index in [1.54, 1.807) is 4.90 Å². The molecule has 1 atom stereocenters. The Morgan fingerprint density at radius 2 is 2.30 bits per heavy atom. The lowest BCUT2D eigenvalue weighted by Gasteiger charge is -2.22. The molecule has 1 unspecified atom stereocenters. The Kier molecular flexibility index (Phi) is 4.89. The zero-order chi connectivity index (χ0) is 14.5. The molecular formula is C14H21N3O3. The van der Waals surface area contributed by atoms with Gasteiger partial charge in [0.25, 0.3) is 11.5 Å². The highest BCUT2D eigenvalue weighted by atomic mass is 16.3. The van der Waals surface area contributed by atoms with Gasteiger partial charge in [-0.1, -0.05) is 13.3 Å². The summed E-state index contributed by atoms with van der Waals surface area (Å²) in [6, 6.07) is 2.74. The van der Waals surface area contributed by atoms with Crippen LogP contribution in [-0.2, 0) is 6.54 Å². The number of rotatable bonds is 5. The van der Waals surface area contributed by atoms with Gasteiger partial charge in [-0.25, -0.2) is 4.68 Å². The minimum absolute atomic E-state index is 0.0266. The van der Waals surface area contributed by atoms with E-state index in [9.17, 15) is 14.7 Å². The third-order valence-corrected chi connectivity index (χ3v) is 3.66. The van der Waals surface area contributed by atoms with Gasteiger partial charge in [-0.2, -0.15) is 5.10 Å². The molecule has 6 nitrogen and oxygen atoms in total. The number of likely N-dealkylation sites (tertiary alicyclic amines) is 1. The van der Waals surface area contributed by atoms with Crippen LogP contribution >= 0.6 is 0 Å². The Labute approximate surface area is 118 Å². The predicted molar refractivity (Wildman–Crippen MR) is 74.5 cm³/mol. The van der Waals surface area contributed by atoms with Gasteiger partial charge in [0.15, 0.2) is 0 Å². The van der Waals surface area contributed by atoms with Crippen LogP contribution in [0.25, 0.3) is 0 Å². The second kappa shape index (κ2) is 6.65. The van der Waals surface area contributed by atoms with Crippen LogP contribution in [0, 0.1) is 0 Å². The molecule has 20 heavy (non-hydrogen) atoms. The summed E-state index contributed by atoms with van der Waals surface area (Å²) >= 11 is 0. The number of amides is 1. The molecule has 0 aromatic carbocycles. The summed E-state index contributed by atoms with van der Waals surface area (Å²) in [6.07, 6.45) is 3.53. The molecule has 0 bridgehead atoms. The second-order valence-corrected chi connectivity index (χ2v) is 5.11. The van der Waals surface area contributed by atoms with Crippen molar-refractivity contribution < 1.29 is 9.90 Å². The molecule has 1 saturated heterocycles. The van der Waals surface area contributed by atoms with Crippen LogP contribution in [0.4, 0.5) is 0 Å². The normalized spacial score (nSPS) is 18.5. The molecule has 1 amide bonds. The number of aliphatic hydroxyl groups excluding tert-OH is 1. The first kappa shape index (κ1) is 14.7. The van der Waals surface area contributed by atoms with Gasteiger partial charge in [-0.3, -0.25) is 9.59 Å². The van der Waals surface area contributed by atoms with E-state index in [0.717, 1.165) is 25.7 Å². The predicted octanol–water partition coefficient (Wildman–Crippen LogP) is 0.640. The van der Waals surface area contributed by atoms with E-state index in [4.69, 9.17) is 0 Å². The van der Waals surface area contributed by atoms with Crippen molar-refractivity contribution >= 4 is 5.91 Å². The molecule has 1 N–H and O–H groups in total. The van der Waals surface area contributed by atoms with Gasteiger partial charge in [0, 0.05) is 19.2 Å². The van der Waals surface area contributed by atoms with E-state index in [0.29, 0.717) is 13.1 Å². The van der Waals surface area contributed by atoms with E-state index in [2.05, 4.69) is 5.10 Å². The number of hydrogen-bond donors (Lipinski definition) is 1. The molecular weight excluding hydrogens is 258 g/mol. The Morgan fingerprint density at radius 1 is 1.50 bits per heavy atom. The average molecular weight is 279 g/mol. The summed E-state index contributed by atoms with van der Waals surface area (Å²) in [5.74, 6) is -0.202. The molecule has 1 aromatic heterocycles. The van der Waals surface area contributed by atoms with Crippen molar-refractivity contribution in [1.29, 1.82) is 0 Å². The second-order valence-electron chi connectivity index (χ2n) is 5.11. The van der Waals surface area contributed by atoms with Gasteiger partial charge >= 0.3 is 0 Å². The first-order chi connectivity index (χ1) is 9.67. The first-order valence-corrected chi connectivity index (χ1v) is 7.17. The summed E-state index contributed by atoms with van der Waals surface area (Å²) in [7, 11) is 0. The van der Waals surface area contributed by atoms with Gasteiger partial charge < -0.3 is 10.0 Å². The van der Waals surface area contributed by atoms with E-state index >= 15 is 0 Å². The summed E-state index contributed by atoms with van der Waals surface area (Å²) in [4.78, 5) is 25.7. The maximum atomic E-state index is 12.4. The molecule has 0 radical (unpaired) electrons. The summed E-state index contributed by atoms with van der Waals surface area (Å²) < 4.78 is 1.35. The fourth-order valence-electron chi connectivity index (χ4n) is 2.47. The number of unbranched alkanes of at least 4 members (excludes halogenated alkanes) is 1. The minimum Gasteiger partial charge on any atom is -0.394 e. The molecule has 1 fully saturated rings. The highest BCUT2D eigenvalue weighted by Gasteiger charge is 2.29. The van der Waals surface area contributed by atoms with E-state index in [-0.39, 0.29) is 29.8 Å². The molecule has 1 aliphatic heterocycles. The van der Waals surface area contributed by atoms with Crippen LogP contribution < -0.4 is 5.56 Å². The molecule has 0 aliphatic carbocycles. The number of carbonyl (C=O) groups excluding carboxylic acids is 1. The Balaban J connectivity index is 2.19. The standard InChI is InChI=1S/C14H21N3O3/c1-2-3-9-17-13(19)7-6-12(15-17)14(20)16-8-4-5-11(16)10-18/h6-7,11,18H,2-5,8-10H2,1H3. The van der Waals surface area contributed by atoms with Gasteiger partial charge in [-0.15, -0.1) is 0 Å². The fourth-order valence-corrected chi connectivity index (χ4v) is 2.47. The molecule has 2 heterocycles. The number of aromatic nitrogens is 2. The Hall–Kier alpha value is -1.69. The first-order valence-electron chi connectivity index (χ1n) is 7.17. The number of hydrogen-bond acceptors (Lipinski definition) is 4. The van der Waals surface area contributed by atoms with Gasteiger partial charge in [0.2, 0.25) is 0 Å². The number of aryl methyl sites for hydroxylation is 1. The third kappa shape index (κ3) is 3.07. The van der Waals surface area contributed by atoms with Crippen molar-refractivity contribution in [3.05, 3.63) is 28.2 Å². The van der Waals surface area contributed by atoms with Crippen molar-refractivity contribution in [2.75, 3.05) is 13.2 Å². The largest absolute Gasteiger partial charge is 0.394 e. The molecule has 1 aromatic rings. The van der Waals surface area contributed by atoms with Crippen LogP contribution in [0.15, 0.2) is 16.9 Å². The zero-order valence-corrected chi connectivity index (χ0v) is 11.8. The monoisotopic (exact) mass is 279 g/mol. The molecule has 0 spiro atoms. The quantitative estimate of drug-likeness (QED) is 0.858. The summed E-state index contributed by atoms with van der Waals surface area (Å²) in [6.45, 7) is 3.18. The lowest BCUT2D eigenvalue weighted by atomic mass is 10.2. The zero-order valence-electron chi connectivity index (χ0n) is 11.8. The van der Waals surface area contributed by atoms with Gasteiger partial charge in [0.05, 0.1) is 12.6 Å². The van der Waals surface area contributed by atoms with Crippen molar-refractivity contribution in [2.24, 2.45) is 0 Å². The van der Waals surface area contributed by atoms with Crippen molar-refractivity contribution in [3.8, 4) is 0 Å². The van der Waals surface area contributed by atoms with Gasteiger partial charge in [-0.05, 0) is 25.3 Å². The topological polar surface area (TPSA) is 75.4 Å². The highest BCUT2D eigenvalue weighted by molar-refractivity contribution is 5.92. The molecule has 2 rings (SSSR count).